The maximum atomic E-state index is 12.0. The summed E-state index contributed by atoms with van der Waals surface area (Å²) in [6.45, 7) is 10.3. The molecule has 0 aliphatic carbocycles. The van der Waals surface area contributed by atoms with Gasteiger partial charge in [0.05, 0.1) is 17.8 Å². The fourth-order valence-electron chi connectivity index (χ4n) is 5.40. The smallest absolute Gasteiger partial charge is 0.224 e. The van der Waals surface area contributed by atoms with Crippen molar-refractivity contribution in [2.24, 2.45) is 0 Å². The van der Waals surface area contributed by atoms with Crippen LogP contribution in [-0.2, 0) is 4.79 Å². The van der Waals surface area contributed by atoms with Crippen molar-refractivity contribution in [2.45, 2.75) is 53.1 Å². The largest absolute Gasteiger partial charge is 0.351 e. The second kappa shape index (κ2) is 10.4. The maximum Gasteiger partial charge on any atom is 0.224 e. The summed E-state index contributed by atoms with van der Waals surface area (Å²) in [5.41, 5.74) is 9.63. The maximum absolute atomic E-state index is 12.0. The Morgan fingerprint density at radius 2 is 1.76 bits per heavy atom. The van der Waals surface area contributed by atoms with Crippen LogP contribution in [0.3, 0.4) is 0 Å². The number of hydrogen-bond donors (Lipinski definition) is 2. The molecule has 1 fully saturated rings. The van der Waals surface area contributed by atoms with Gasteiger partial charge in [0, 0.05) is 41.1 Å². The third-order valence-corrected chi connectivity index (χ3v) is 7.64. The van der Waals surface area contributed by atoms with Crippen molar-refractivity contribution in [3.63, 3.8) is 0 Å². The summed E-state index contributed by atoms with van der Waals surface area (Å²) < 4.78 is 2.33. The lowest BCUT2D eigenvalue weighted by Crippen LogP contribution is -2.29. The zero-order chi connectivity index (χ0) is 27.0. The Hall–Kier alpha value is -3.97. The van der Waals surface area contributed by atoms with Gasteiger partial charge < -0.3 is 20.1 Å². The molecule has 5 rings (SSSR count). The molecule has 0 saturated carbocycles. The number of nitrogens with zero attached hydrogens (tertiary/aromatic N) is 3. The Bertz CT molecular complexity index is 1510. The molecule has 1 amide bonds. The molecule has 0 bridgehead atoms. The monoisotopic (exact) mass is 523 g/mol. The minimum Gasteiger partial charge on any atom is -0.351 e. The highest BCUT2D eigenvalue weighted by Crippen LogP contribution is 2.44. The number of carbonyl (C=O) groups excluding carboxylic acids is 1. The quantitative estimate of drug-likeness (QED) is 0.278. The van der Waals surface area contributed by atoms with Gasteiger partial charge in [0.25, 0.3) is 0 Å². The summed E-state index contributed by atoms with van der Waals surface area (Å²) in [7, 11) is 0. The number of aryl methyl sites for hydroxylation is 3. The van der Waals surface area contributed by atoms with Crippen LogP contribution in [0.25, 0.3) is 5.69 Å². The fourth-order valence-corrected chi connectivity index (χ4v) is 5.74. The first-order valence-electron chi connectivity index (χ1n) is 13.0. The molecule has 7 heteroatoms. The minimum atomic E-state index is -0.130. The van der Waals surface area contributed by atoms with Crippen LogP contribution in [0.4, 0.5) is 11.4 Å². The van der Waals surface area contributed by atoms with E-state index in [-0.39, 0.29) is 18.0 Å². The predicted molar refractivity (Wildman–Crippen MR) is 158 cm³/mol. The van der Waals surface area contributed by atoms with E-state index >= 15 is 0 Å². The molecule has 6 nitrogen and oxygen atoms in total. The van der Waals surface area contributed by atoms with Crippen LogP contribution in [0.2, 0.25) is 0 Å². The Morgan fingerprint density at radius 3 is 2.45 bits per heavy atom. The number of hydrogen-bond acceptors (Lipinski definition) is 3. The number of anilines is 2. The van der Waals surface area contributed by atoms with Crippen LogP contribution in [0.15, 0.2) is 72.9 Å². The highest BCUT2D eigenvalue weighted by atomic mass is 32.1. The zero-order valence-electron chi connectivity index (χ0n) is 22.4. The second-order valence-electron chi connectivity index (χ2n) is 9.85. The number of pyridine rings is 1. The van der Waals surface area contributed by atoms with Crippen LogP contribution >= 0.6 is 12.2 Å². The summed E-state index contributed by atoms with van der Waals surface area (Å²) in [6.07, 6.45) is 2.26. The van der Waals surface area contributed by atoms with Crippen molar-refractivity contribution in [3.8, 4) is 5.69 Å². The van der Waals surface area contributed by atoms with E-state index in [2.05, 4.69) is 77.3 Å². The van der Waals surface area contributed by atoms with E-state index in [0.29, 0.717) is 11.5 Å². The van der Waals surface area contributed by atoms with E-state index in [1.165, 1.54) is 22.5 Å². The van der Waals surface area contributed by atoms with Crippen molar-refractivity contribution in [3.05, 3.63) is 107 Å². The second-order valence-corrected chi connectivity index (χ2v) is 10.2. The Balaban J connectivity index is 1.64. The zero-order valence-corrected chi connectivity index (χ0v) is 23.3. The van der Waals surface area contributed by atoms with Gasteiger partial charge in [-0.15, -0.1) is 0 Å². The highest BCUT2D eigenvalue weighted by Gasteiger charge is 2.42. The number of aromatic nitrogens is 2. The molecule has 38 heavy (non-hydrogen) atoms. The summed E-state index contributed by atoms with van der Waals surface area (Å²) in [4.78, 5) is 18.9. The van der Waals surface area contributed by atoms with Crippen molar-refractivity contribution in [1.29, 1.82) is 0 Å². The molecule has 1 saturated heterocycles. The number of para-hydroxylation sites is 1. The van der Waals surface area contributed by atoms with E-state index in [1.54, 1.807) is 0 Å². The first-order chi connectivity index (χ1) is 18.3. The van der Waals surface area contributed by atoms with Gasteiger partial charge in [-0.25, -0.2) is 0 Å². The van der Waals surface area contributed by atoms with Gasteiger partial charge in [-0.3, -0.25) is 9.78 Å². The molecule has 3 heterocycles. The molecular formula is C31H33N5OS. The highest BCUT2D eigenvalue weighted by molar-refractivity contribution is 7.80. The SMILES string of the molecule is CCC(=O)Nc1ccc(N2C(=S)NC(c3ccccn3)C2c2cc(C)n(-c3ccccc3C)c2C)cc1C. The number of amides is 1. The average Bonchev–Trinajstić information content (AvgIpc) is 3.41. The van der Waals surface area contributed by atoms with E-state index in [4.69, 9.17) is 17.2 Å². The molecule has 1 aliphatic rings. The van der Waals surface area contributed by atoms with Crippen LogP contribution < -0.4 is 15.5 Å². The Morgan fingerprint density at radius 1 is 1.00 bits per heavy atom. The van der Waals surface area contributed by atoms with Crippen molar-refractivity contribution in [1.82, 2.24) is 14.9 Å². The predicted octanol–water partition coefficient (Wildman–Crippen LogP) is 6.63. The van der Waals surface area contributed by atoms with E-state index < -0.39 is 0 Å². The first kappa shape index (κ1) is 25.7. The number of nitrogens with one attached hydrogen (secondary N) is 2. The lowest BCUT2D eigenvalue weighted by Gasteiger charge is -2.29. The summed E-state index contributed by atoms with van der Waals surface area (Å²) in [5.74, 6) is -0.00375. The van der Waals surface area contributed by atoms with Gasteiger partial charge in [0.2, 0.25) is 5.91 Å². The van der Waals surface area contributed by atoms with Crippen LogP contribution in [0.5, 0.6) is 0 Å². The number of rotatable bonds is 6. The third-order valence-electron chi connectivity index (χ3n) is 7.33. The number of thiocarbonyl (C=S) groups is 1. The molecule has 194 valence electrons. The summed E-state index contributed by atoms with van der Waals surface area (Å²) >= 11 is 5.95. The molecule has 2 unspecified atom stereocenters. The molecule has 2 N–H and O–H groups in total. The third kappa shape index (κ3) is 4.58. The Kier molecular flexibility index (Phi) is 7.04. The van der Waals surface area contributed by atoms with Crippen molar-refractivity contribution in [2.75, 3.05) is 10.2 Å². The molecule has 1 aliphatic heterocycles. The van der Waals surface area contributed by atoms with Crippen molar-refractivity contribution >= 4 is 34.6 Å². The molecular weight excluding hydrogens is 490 g/mol. The lowest BCUT2D eigenvalue weighted by atomic mass is 9.96. The molecule has 2 aromatic carbocycles. The van der Waals surface area contributed by atoms with Gasteiger partial charge in [0.1, 0.15) is 0 Å². The van der Waals surface area contributed by atoms with E-state index in [1.807, 2.05) is 50.4 Å². The van der Waals surface area contributed by atoms with Gasteiger partial charge in [-0.1, -0.05) is 31.2 Å². The van der Waals surface area contributed by atoms with Crippen LogP contribution in [0, 0.1) is 27.7 Å². The molecule has 4 aromatic rings. The fraction of sp³-hybridized carbons (Fsp3) is 0.258. The first-order valence-corrected chi connectivity index (χ1v) is 13.4. The van der Waals surface area contributed by atoms with Crippen LogP contribution in [-0.4, -0.2) is 20.6 Å². The minimum absolute atomic E-state index is 0.00375. The molecule has 2 aromatic heterocycles. The summed E-state index contributed by atoms with van der Waals surface area (Å²) in [5, 5.41) is 7.21. The standard InChI is InChI=1S/C31H33N5OS/c1-6-28(37)33-25-15-14-23(17-20(25)3)36-30(29(34-31(36)38)26-12-9-10-16-32-26)24-18-21(4)35(22(24)5)27-13-8-7-11-19(27)2/h7-18,29-30H,6H2,1-5H3,(H,33,37)(H,34,38). The average molecular weight is 524 g/mol. The van der Waals surface area contributed by atoms with Crippen molar-refractivity contribution < 1.29 is 4.79 Å². The molecule has 0 spiro atoms. The van der Waals surface area contributed by atoms with E-state index in [9.17, 15) is 4.79 Å². The topological polar surface area (TPSA) is 62.2 Å². The van der Waals surface area contributed by atoms with Gasteiger partial charge in [-0.2, -0.15) is 0 Å². The van der Waals surface area contributed by atoms with Gasteiger partial charge >= 0.3 is 0 Å². The number of benzene rings is 2. The number of carbonyl (C=O) groups is 1. The molecule has 2 atom stereocenters. The van der Waals surface area contributed by atoms with Gasteiger partial charge in [0.15, 0.2) is 5.11 Å². The molecule has 0 radical (unpaired) electrons. The normalized spacial score (nSPS) is 17.0. The van der Waals surface area contributed by atoms with E-state index in [0.717, 1.165) is 28.3 Å². The van der Waals surface area contributed by atoms with Crippen LogP contribution in [0.1, 0.15) is 59.2 Å². The van der Waals surface area contributed by atoms with Gasteiger partial charge in [-0.05, 0) is 99.1 Å². The lowest BCUT2D eigenvalue weighted by molar-refractivity contribution is -0.115. The Labute approximate surface area is 229 Å². The summed E-state index contributed by atoms with van der Waals surface area (Å²) in [6, 6.07) is 22.6.